The first-order valence-corrected chi connectivity index (χ1v) is 3.27. The number of hydrogen-bond donors (Lipinski definition) is 0. The molecule has 2 heteroatoms. The van der Waals surface area contributed by atoms with Crippen molar-refractivity contribution in [3.05, 3.63) is 24.3 Å². The van der Waals surface area contributed by atoms with Crippen molar-refractivity contribution in [2.24, 2.45) is 0 Å². The van der Waals surface area contributed by atoms with E-state index in [0.29, 0.717) is 6.61 Å². The molecule has 0 aromatic heterocycles. The zero-order valence-electron chi connectivity index (χ0n) is 6.33. The van der Waals surface area contributed by atoms with Gasteiger partial charge in [0.1, 0.15) is 0 Å². The van der Waals surface area contributed by atoms with Crippen molar-refractivity contribution < 1.29 is 9.53 Å². The normalized spacial score (nSPS) is 11.0. The van der Waals surface area contributed by atoms with Gasteiger partial charge in [-0.3, -0.25) is 0 Å². The second kappa shape index (κ2) is 6.08. The Balaban J connectivity index is 3.56. The van der Waals surface area contributed by atoms with Crippen LogP contribution >= 0.6 is 0 Å². The quantitative estimate of drug-likeness (QED) is 0.338. The molecular weight excluding hydrogens is 128 g/mol. The van der Waals surface area contributed by atoms with Gasteiger partial charge in [-0.15, -0.1) is 0 Å². The number of esters is 1. The molecule has 0 N–H and O–H groups in total. The van der Waals surface area contributed by atoms with Crippen LogP contribution in [0.2, 0.25) is 0 Å². The van der Waals surface area contributed by atoms with E-state index in [1.807, 2.05) is 13.0 Å². The van der Waals surface area contributed by atoms with Gasteiger partial charge >= 0.3 is 5.97 Å². The molecule has 0 atom stereocenters. The molecule has 0 rings (SSSR count). The number of rotatable bonds is 3. The minimum absolute atomic E-state index is 0.291. The maximum absolute atomic E-state index is 10.6. The lowest BCUT2D eigenvalue weighted by molar-refractivity contribution is -0.137. The van der Waals surface area contributed by atoms with Gasteiger partial charge < -0.3 is 4.74 Å². The maximum Gasteiger partial charge on any atom is 0.330 e. The summed E-state index contributed by atoms with van der Waals surface area (Å²) in [6, 6.07) is 0. The Bertz CT molecular complexity index is 145. The summed E-state index contributed by atoms with van der Waals surface area (Å²) >= 11 is 0. The third-order valence-electron chi connectivity index (χ3n) is 0.822. The first-order valence-electron chi connectivity index (χ1n) is 3.27. The van der Waals surface area contributed by atoms with Crippen LogP contribution in [0.25, 0.3) is 0 Å². The lowest BCUT2D eigenvalue weighted by atomic mass is 10.4. The van der Waals surface area contributed by atoms with Gasteiger partial charge in [0, 0.05) is 6.08 Å². The van der Waals surface area contributed by atoms with Crippen LogP contribution in [0.15, 0.2) is 24.3 Å². The molecule has 0 heterocycles. The summed E-state index contributed by atoms with van der Waals surface area (Å²) in [5.74, 6) is -0.291. The van der Waals surface area contributed by atoms with E-state index in [9.17, 15) is 4.79 Å². The van der Waals surface area contributed by atoms with Crippen molar-refractivity contribution in [3.8, 4) is 0 Å². The summed E-state index contributed by atoms with van der Waals surface area (Å²) in [5, 5.41) is 0. The van der Waals surface area contributed by atoms with Gasteiger partial charge in [0.15, 0.2) is 0 Å². The zero-order chi connectivity index (χ0) is 7.82. The third-order valence-corrected chi connectivity index (χ3v) is 0.822. The molecular formula is C8H12O2. The first kappa shape index (κ1) is 8.95. The molecule has 0 aliphatic rings. The van der Waals surface area contributed by atoms with Gasteiger partial charge in [-0.05, 0) is 13.8 Å². The number of ether oxygens (including phenoxy) is 1. The van der Waals surface area contributed by atoms with E-state index in [4.69, 9.17) is 0 Å². The molecule has 0 radical (unpaired) electrons. The summed E-state index contributed by atoms with van der Waals surface area (Å²) in [7, 11) is 0. The average Bonchev–Trinajstić information content (AvgIpc) is 1.89. The Morgan fingerprint density at radius 3 is 2.70 bits per heavy atom. The predicted molar refractivity (Wildman–Crippen MR) is 40.6 cm³/mol. The van der Waals surface area contributed by atoms with E-state index in [1.54, 1.807) is 19.1 Å². The fourth-order valence-corrected chi connectivity index (χ4v) is 0.436. The summed E-state index contributed by atoms with van der Waals surface area (Å²) in [4.78, 5) is 10.6. The van der Waals surface area contributed by atoms with Gasteiger partial charge in [-0.2, -0.15) is 0 Å². The number of allylic oxidation sites excluding steroid dienone is 3. The lowest BCUT2D eigenvalue weighted by Gasteiger charge is -1.92. The molecule has 56 valence electrons. The topological polar surface area (TPSA) is 26.3 Å². The SMILES string of the molecule is C/C=C/C=CC(=O)OCC. The molecule has 2 nitrogen and oxygen atoms in total. The Morgan fingerprint density at radius 2 is 2.20 bits per heavy atom. The van der Waals surface area contributed by atoms with Crippen LogP contribution in [0.3, 0.4) is 0 Å². The standard InChI is InChI=1S/C8H12O2/c1-3-5-6-7-8(9)10-4-2/h3,5-7H,4H2,1-2H3/b5-3+,7-6?. The Hall–Kier alpha value is -1.05. The fourth-order valence-electron chi connectivity index (χ4n) is 0.436. The van der Waals surface area contributed by atoms with E-state index in [2.05, 4.69) is 4.74 Å². The van der Waals surface area contributed by atoms with Crippen LogP contribution in [-0.4, -0.2) is 12.6 Å². The van der Waals surface area contributed by atoms with E-state index in [0.717, 1.165) is 0 Å². The lowest BCUT2D eigenvalue weighted by Crippen LogP contribution is -1.98. The van der Waals surface area contributed by atoms with Gasteiger partial charge in [-0.25, -0.2) is 4.79 Å². The Labute approximate surface area is 61.2 Å². The van der Waals surface area contributed by atoms with Gasteiger partial charge in [0.05, 0.1) is 6.61 Å². The molecule has 0 amide bonds. The summed E-state index contributed by atoms with van der Waals surface area (Å²) in [6.45, 7) is 4.09. The molecule has 0 spiro atoms. The first-order chi connectivity index (χ1) is 4.81. The van der Waals surface area contributed by atoms with Crippen LogP contribution in [0.4, 0.5) is 0 Å². The molecule has 0 aromatic carbocycles. The van der Waals surface area contributed by atoms with Crippen molar-refractivity contribution in [3.63, 3.8) is 0 Å². The molecule has 0 saturated heterocycles. The van der Waals surface area contributed by atoms with Crippen LogP contribution in [-0.2, 0) is 9.53 Å². The van der Waals surface area contributed by atoms with Crippen molar-refractivity contribution in [1.29, 1.82) is 0 Å². The summed E-state index contributed by atoms with van der Waals surface area (Å²) in [6.07, 6.45) is 6.66. The molecule has 10 heavy (non-hydrogen) atoms. The van der Waals surface area contributed by atoms with Crippen molar-refractivity contribution in [2.75, 3.05) is 6.61 Å². The highest BCUT2D eigenvalue weighted by molar-refractivity contribution is 5.82. The van der Waals surface area contributed by atoms with Gasteiger partial charge in [0.2, 0.25) is 0 Å². The van der Waals surface area contributed by atoms with E-state index in [-0.39, 0.29) is 5.97 Å². The van der Waals surface area contributed by atoms with Crippen molar-refractivity contribution in [2.45, 2.75) is 13.8 Å². The molecule has 0 aromatic rings. The third kappa shape index (κ3) is 5.09. The predicted octanol–water partition coefficient (Wildman–Crippen LogP) is 1.68. The second-order valence-corrected chi connectivity index (χ2v) is 1.64. The molecule has 0 aliphatic heterocycles. The number of carbonyl (C=O) groups excluding carboxylic acids is 1. The largest absolute Gasteiger partial charge is 0.463 e. The second-order valence-electron chi connectivity index (χ2n) is 1.64. The smallest absolute Gasteiger partial charge is 0.330 e. The highest BCUT2D eigenvalue weighted by Crippen LogP contribution is 1.81. The Kier molecular flexibility index (Phi) is 5.44. The monoisotopic (exact) mass is 140 g/mol. The van der Waals surface area contributed by atoms with E-state index in [1.165, 1.54) is 6.08 Å². The minimum atomic E-state index is -0.291. The van der Waals surface area contributed by atoms with E-state index >= 15 is 0 Å². The molecule has 0 bridgehead atoms. The maximum atomic E-state index is 10.6. The summed E-state index contributed by atoms with van der Waals surface area (Å²) in [5.41, 5.74) is 0. The zero-order valence-corrected chi connectivity index (χ0v) is 6.33. The van der Waals surface area contributed by atoms with Gasteiger partial charge in [-0.1, -0.05) is 18.2 Å². The molecule has 0 saturated carbocycles. The fraction of sp³-hybridized carbons (Fsp3) is 0.375. The summed E-state index contributed by atoms with van der Waals surface area (Å²) < 4.78 is 4.63. The van der Waals surface area contributed by atoms with Crippen LogP contribution in [0.5, 0.6) is 0 Å². The van der Waals surface area contributed by atoms with Crippen LogP contribution < -0.4 is 0 Å². The Morgan fingerprint density at radius 1 is 1.50 bits per heavy atom. The van der Waals surface area contributed by atoms with Crippen LogP contribution in [0, 0.1) is 0 Å². The highest BCUT2D eigenvalue weighted by atomic mass is 16.5. The number of carbonyl (C=O) groups is 1. The van der Waals surface area contributed by atoms with Crippen molar-refractivity contribution in [1.82, 2.24) is 0 Å². The average molecular weight is 140 g/mol. The number of hydrogen-bond acceptors (Lipinski definition) is 2. The van der Waals surface area contributed by atoms with Gasteiger partial charge in [0.25, 0.3) is 0 Å². The minimum Gasteiger partial charge on any atom is -0.463 e. The van der Waals surface area contributed by atoms with Crippen LogP contribution in [0.1, 0.15) is 13.8 Å². The molecule has 0 fully saturated rings. The molecule has 0 aliphatic carbocycles. The van der Waals surface area contributed by atoms with Crippen molar-refractivity contribution >= 4 is 5.97 Å². The molecule has 0 unspecified atom stereocenters. The highest BCUT2D eigenvalue weighted by Gasteiger charge is 1.89. The van der Waals surface area contributed by atoms with E-state index < -0.39 is 0 Å².